The van der Waals surface area contributed by atoms with Crippen LogP contribution in [0, 0.1) is 5.92 Å². The predicted octanol–water partition coefficient (Wildman–Crippen LogP) is 3.08. The summed E-state index contributed by atoms with van der Waals surface area (Å²) < 4.78 is 1.05. The monoisotopic (exact) mass is 254 g/mol. The van der Waals surface area contributed by atoms with Gasteiger partial charge in [-0.15, -0.1) is 0 Å². The molecule has 2 nitrogen and oxygen atoms in total. The first-order valence-electron chi connectivity index (χ1n) is 5.07. The maximum Gasteiger partial charge on any atom is 0.0561 e. The highest BCUT2D eigenvalue weighted by Crippen LogP contribution is 2.28. The van der Waals surface area contributed by atoms with Gasteiger partial charge in [-0.3, -0.25) is 4.98 Å². The van der Waals surface area contributed by atoms with E-state index >= 15 is 0 Å². The summed E-state index contributed by atoms with van der Waals surface area (Å²) in [6.07, 6.45) is 7.94. The molecule has 76 valence electrons. The smallest absolute Gasteiger partial charge is 0.0561 e. The molecular weight excluding hydrogens is 240 g/mol. The van der Waals surface area contributed by atoms with Gasteiger partial charge in [0.2, 0.25) is 0 Å². The summed E-state index contributed by atoms with van der Waals surface area (Å²) in [6.45, 7) is 1.16. The lowest BCUT2D eigenvalue weighted by atomic mass is 9.85. The van der Waals surface area contributed by atoms with Crippen molar-refractivity contribution in [2.75, 3.05) is 18.5 Å². The average Bonchev–Trinajstić information content (AvgIpc) is 2.11. The van der Waals surface area contributed by atoms with Crippen molar-refractivity contribution < 1.29 is 0 Å². The summed E-state index contributed by atoms with van der Waals surface area (Å²) in [5.74, 6) is 0.902. The Kier molecular flexibility index (Phi) is 3.06. The largest absolute Gasteiger partial charge is 0.373 e. The van der Waals surface area contributed by atoms with Crippen LogP contribution in [0.4, 0.5) is 5.69 Å². The molecule has 1 saturated carbocycles. The summed E-state index contributed by atoms with van der Waals surface area (Å²) in [6, 6.07) is 2.12. The van der Waals surface area contributed by atoms with Gasteiger partial charge in [-0.05, 0) is 40.8 Å². The Bertz CT molecular complexity index is 310. The maximum atomic E-state index is 4.17. The van der Waals surface area contributed by atoms with E-state index in [4.69, 9.17) is 0 Å². The zero-order chi connectivity index (χ0) is 9.97. The maximum absolute atomic E-state index is 4.17. The number of anilines is 1. The molecule has 0 saturated heterocycles. The summed E-state index contributed by atoms with van der Waals surface area (Å²) in [7, 11) is 2.14. The van der Waals surface area contributed by atoms with Crippen LogP contribution in [0.3, 0.4) is 0 Å². The summed E-state index contributed by atoms with van der Waals surface area (Å²) in [4.78, 5) is 6.46. The van der Waals surface area contributed by atoms with Crippen molar-refractivity contribution in [2.24, 2.45) is 5.92 Å². The van der Waals surface area contributed by atoms with Gasteiger partial charge < -0.3 is 4.90 Å². The van der Waals surface area contributed by atoms with Crippen LogP contribution in [0.2, 0.25) is 0 Å². The van der Waals surface area contributed by atoms with E-state index in [1.54, 1.807) is 0 Å². The van der Waals surface area contributed by atoms with Gasteiger partial charge in [-0.1, -0.05) is 6.42 Å². The van der Waals surface area contributed by atoms with Crippen molar-refractivity contribution in [3.63, 3.8) is 0 Å². The normalized spacial score (nSPS) is 16.4. The Labute approximate surface area is 93.5 Å². The predicted molar refractivity (Wildman–Crippen MR) is 62.5 cm³/mol. The molecule has 14 heavy (non-hydrogen) atoms. The minimum Gasteiger partial charge on any atom is -0.373 e. The fourth-order valence-electron chi connectivity index (χ4n) is 1.78. The first-order chi connectivity index (χ1) is 6.75. The van der Waals surface area contributed by atoms with E-state index in [1.165, 1.54) is 24.9 Å². The molecule has 1 aromatic heterocycles. The minimum absolute atomic E-state index is 0.902. The van der Waals surface area contributed by atoms with Crippen LogP contribution in [0.25, 0.3) is 0 Å². The lowest BCUT2D eigenvalue weighted by Crippen LogP contribution is -2.29. The van der Waals surface area contributed by atoms with Crippen molar-refractivity contribution in [3.8, 4) is 0 Å². The van der Waals surface area contributed by atoms with Crippen molar-refractivity contribution in [1.82, 2.24) is 4.98 Å². The highest BCUT2D eigenvalue weighted by atomic mass is 79.9. The molecule has 1 heterocycles. The molecule has 1 aromatic rings. The highest BCUT2D eigenvalue weighted by molar-refractivity contribution is 9.10. The van der Waals surface area contributed by atoms with E-state index < -0.39 is 0 Å². The Balaban J connectivity index is 1.98. The number of pyridine rings is 1. The molecule has 0 amide bonds. The standard InChI is InChI=1S/C11H15BrN2/c1-14(8-9-3-2-4-9)11-5-10(12)6-13-7-11/h5-7,9H,2-4,8H2,1H3. The van der Waals surface area contributed by atoms with Crippen LogP contribution >= 0.6 is 15.9 Å². The summed E-state index contributed by atoms with van der Waals surface area (Å²) >= 11 is 3.44. The fourth-order valence-corrected chi connectivity index (χ4v) is 2.13. The van der Waals surface area contributed by atoms with Crippen LogP contribution in [0.1, 0.15) is 19.3 Å². The molecule has 0 N–H and O–H groups in total. The lowest BCUT2D eigenvalue weighted by Gasteiger charge is -2.31. The van der Waals surface area contributed by atoms with Gasteiger partial charge in [0.1, 0.15) is 0 Å². The lowest BCUT2D eigenvalue weighted by molar-refractivity contribution is 0.321. The van der Waals surface area contributed by atoms with Gasteiger partial charge in [0, 0.05) is 24.3 Å². The third-order valence-corrected chi connectivity index (χ3v) is 3.32. The van der Waals surface area contributed by atoms with Crippen LogP contribution in [-0.2, 0) is 0 Å². The molecule has 0 atom stereocenters. The van der Waals surface area contributed by atoms with Gasteiger partial charge in [0.15, 0.2) is 0 Å². The average molecular weight is 255 g/mol. The SMILES string of the molecule is CN(CC1CCC1)c1cncc(Br)c1. The molecule has 0 aliphatic heterocycles. The fraction of sp³-hybridized carbons (Fsp3) is 0.545. The summed E-state index contributed by atoms with van der Waals surface area (Å²) in [5.41, 5.74) is 1.20. The second-order valence-electron chi connectivity index (χ2n) is 4.04. The number of rotatable bonds is 3. The molecule has 0 unspecified atom stereocenters. The minimum atomic E-state index is 0.902. The molecule has 0 spiro atoms. The van der Waals surface area contributed by atoms with Crippen LogP contribution in [0.15, 0.2) is 22.9 Å². The Morgan fingerprint density at radius 1 is 1.50 bits per heavy atom. The van der Waals surface area contributed by atoms with Gasteiger partial charge in [-0.25, -0.2) is 0 Å². The van der Waals surface area contributed by atoms with E-state index in [1.807, 2.05) is 12.4 Å². The van der Waals surface area contributed by atoms with Gasteiger partial charge >= 0.3 is 0 Å². The first-order valence-corrected chi connectivity index (χ1v) is 5.86. The third kappa shape index (κ3) is 2.27. The molecular formula is C11H15BrN2. The Morgan fingerprint density at radius 2 is 2.29 bits per heavy atom. The van der Waals surface area contributed by atoms with E-state index in [0.29, 0.717) is 0 Å². The molecule has 1 aliphatic carbocycles. The highest BCUT2D eigenvalue weighted by Gasteiger charge is 2.19. The molecule has 2 rings (SSSR count). The van der Waals surface area contributed by atoms with Crippen LogP contribution in [0.5, 0.6) is 0 Å². The van der Waals surface area contributed by atoms with Crippen molar-refractivity contribution in [1.29, 1.82) is 0 Å². The number of hydrogen-bond acceptors (Lipinski definition) is 2. The van der Waals surface area contributed by atoms with Crippen molar-refractivity contribution in [2.45, 2.75) is 19.3 Å². The van der Waals surface area contributed by atoms with Crippen LogP contribution < -0.4 is 4.90 Å². The number of hydrogen-bond donors (Lipinski definition) is 0. The first kappa shape index (κ1) is 9.97. The molecule has 1 aliphatic rings. The zero-order valence-electron chi connectivity index (χ0n) is 8.41. The van der Waals surface area contributed by atoms with Crippen molar-refractivity contribution in [3.05, 3.63) is 22.9 Å². The van der Waals surface area contributed by atoms with E-state index in [0.717, 1.165) is 16.9 Å². The van der Waals surface area contributed by atoms with Crippen molar-refractivity contribution >= 4 is 21.6 Å². The van der Waals surface area contributed by atoms with E-state index in [-0.39, 0.29) is 0 Å². The van der Waals surface area contributed by atoms with Gasteiger partial charge in [0.05, 0.1) is 11.9 Å². The topological polar surface area (TPSA) is 16.1 Å². The molecule has 1 fully saturated rings. The Morgan fingerprint density at radius 3 is 2.86 bits per heavy atom. The number of nitrogens with zero attached hydrogens (tertiary/aromatic N) is 2. The van der Waals surface area contributed by atoms with Gasteiger partial charge in [0.25, 0.3) is 0 Å². The Hall–Kier alpha value is -0.570. The molecule has 3 heteroatoms. The zero-order valence-corrected chi connectivity index (χ0v) is 10.00. The molecule has 0 radical (unpaired) electrons. The quantitative estimate of drug-likeness (QED) is 0.825. The second-order valence-corrected chi connectivity index (χ2v) is 4.95. The van der Waals surface area contributed by atoms with Gasteiger partial charge in [-0.2, -0.15) is 0 Å². The second kappa shape index (κ2) is 4.30. The number of halogens is 1. The van der Waals surface area contributed by atoms with E-state index in [9.17, 15) is 0 Å². The molecule has 0 bridgehead atoms. The molecule has 0 aromatic carbocycles. The number of aromatic nitrogens is 1. The van der Waals surface area contributed by atoms with E-state index in [2.05, 4.69) is 38.9 Å². The third-order valence-electron chi connectivity index (χ3n) is 2.89. The summed E-state index contributed by atoms with van der Waals surface area (Å²) in [5, 5.41) is 0. The van der Waals surface area contributed by atoms with Crippen LogP contribution in [-0.4, -0.2) is 18.6 Å².